The van der Waals surface area contributed by atoms with Crippen LogP contribution in [0.1, 0.15) is 63.5 Å². The van der Waals surface area contributed by atoms with Crippen molar-refractivity contribution in [2.24, 2.45) is 11.7 Å². The lowest BCUT2D eigenvalue weighted by molar-refractivity contribution is -0.146. The number of hydrogen-bond donors (Lipinski definition) is 7. The van der Waals surface area contributed by atoms with E-state index in [2.05, 4.69) is 16.0 Å². The molecular formula is C38H50N6O10. The topological polar surface area (TPSA) is 249 Å². The van der Waals surface area contributed by atoms with Crippen LogP contribution in [0.15, 0.2) is 54.6 Å². The molecule has 2 heterocycles. The number of nitrogens with one attached hydrogen (secondary N) is 3. The molecular weight excluding hydrogens is 700 g/mol. The summed E-state index contributed by atoms with van der Waals surface area (Å²) in [5.41, 5.74) is 7.55. The summed E-state index contributed by atoms with van der Waals surface area (Å²) in [5, 5.41) is 36.7. The second-order valence-corrected chi connectivity index (χ2v) is 14.2. The molecule has 2 aliphatic rings. The Kier molecular flexibility index (Phi) is 14.5. The maximum absolute atomic E-state index is 13.9. The molecule has 2 saturated heterocycles. The van der Waals surface area contributed by atoms with Gasteiger partial charge in [-0.05, 0) is 67.7 Å². The summed E-state index contributed by atoms with van der Waals surface area (Å²) in [7, 11) is 0. The Hall–Kier alpha value is -5.51. The van der Waals surface area contributed by atoms with E-state index in [-0.39, 0.29) is 56.9 Å². The lowest BCUT2D eigenvalue weighted by Crippen LogP contribution is -2.59. The number of carbonyl (C=O) groups excluding carboxylic acids is 5. The van der Waals surface area contributed by atoms with Gasteiger partial charge < -0.3 is 46.8 Å². The van der Waals surface area contributed by atoms with Gasteiger partial charge in [0.25, 0.3) is 0 Å². The number of nitrogens with zero attached hydrogens (tertiary/aromatic N) is 2. The molecule has 292 valence electrons. The van der Waals surface area contributed by atoms with Crippen LogP contribution in [0.2, 0.25) is 0 Å². The lowest BCUT2D eigenvalue weighted by Gasteiger charge is -2.33. The summed E-state index contributed by atoms with van der Waals surface area (Å²) in [6.45, 7) is 3.81. The number of amides is 5. The van der Waals surface area contributed by atoms with Crippen LogP contribution in [0, 0.1) is 5.92 Å². The van der Waals surface area contributed by atoms with Gasteiger partial charge >= 0.3 is 11.9 Å². The molecule has 5 amide bonds. The summed E-state index contributed by atoms with van der Waals surface area (Å²) in [4.78, 5) is 94.3. The van der Waals surface area contributed by atoms with E-state index < -0.39 is 84.1 Å². The van der Waals surface area contributed by atoms with Crippen molar-refractivity contribution < 1.29 is 48.9 Å². The Morgan fingerprint density at radius 2 is 1.28 bits per heavy atom. The molecule has 0 radical (unpaired) electrons. The summed E-state index contributed by atoms with van der Waals surface area (Å²) < 4.78 is 0. The number of nitrogens with two attached hydrogens (primary N) is 1. The van der Waals surface area contributed by atoms with Gasteiger partial charge in [0.15, 0.2) is 0 Å². The van der Waals surface area contributed by atoms with Crippen molar-refractivity contribution in [2.75, 3.05) is 13.1 Å². The second-order valence-electron chi connectivity index (χ2n) is 14.2. The fraction of sp³-hybridized carbons (Fsp3) is 0.500. The van der Waals surface area contributed by atoms with Gasteiger partial charge in [0.05, 0.1) is 6.04 Å². The highest BCUT2D eigenvalue weighted by Crippen LogP contribution is 2.23. The van der Waals surface area contributed by atoms with Crippen LogP contribution in [0.3, 0.4) is 0 Å². The van der Waals surface area contributed by atoms with Crippen LogP contribution in [0.25, 0.3) is 0 Å². The predicted octanol–water partition coefficient (Wildman–Crippen LogP) is 0.547. The number of aliphatic carboxylic acids is 2. The molecule has 6 atom stereocenters. The summed E-state index contributed by atoms with van der Waals surface area (Å²) in [6.07, 6.45) is 0.775. The lowest BCUT2D eigenvalue weighted by atomic mass is 10.00. The number of rotatable bonds is 17. The Labute approximate surface area is 313 Å². The first-order valence-corrected chi connectivity index (χ1v) is 18.2. The average molecular weight is 751 g/mol. The van der Waals surface area contributed by atoms with E-state index in [1.54, 1.807) is 56.3 Å². The van der Waals surface area contributed by atoms with Crippen LogP contribution in [0.5, 0.6) is 5.75 Å². The highest BCUT2D eigenvalue weighted by Gasteiger charge is 2.42. The van der Waals surface area contributed by atoms with Gasteiger partial charge in [-0.2, -0.15) is 0 Å². The first-order chi connectivity index (χ1) is 25.7. The second kappa shape index (κ2) is 19.0. The average Bonchev–Trinajstić information content (AvgIpc) is 3.84. The number of phenolic OH excluding ortho intramolecular Hbond substituents is 1. The molecule has 0 saturated carbocycles. The molecule has 2 aromatic carbocycles. The van der Waals surface area contributed by atoms with E-state index in [0.29, 0.717) is 24.0 Å². The normalized spacial score (nSPS) is 19.0. The van der Waals surface area contributed by atoms with Gasteiger partial charge in [-0.15, -0.1) is 0 Å². The van der Waals surface area contributed by atoms with Crippen molar-refractivity contribution in [3.63, 3.8) is 0 Å². The quantitative estimate of drug-likeness (QED) is 0.118. The molecule has 0 spiro atoms. The zero-order valence-electron chi connectivity index (χ0n) is 30.5. The molecule has 8 N–H and O–H groups in total. The molecule has 4 rings (SSSR count). The Balaban J connectivity index is 1.44. The number of phenols is 1. The minimum Gasteiger partial charge on any atom is -0.508 e. The van der Waals surface area contributed by atoms with Crippen LogP contribution in [0.4, 0.5) is 0 Å². The van der Waals surface area contributed by atoms with Gasteiger partial charge in [-0.3, -0.25) is 28.8 Å². The van der Waals surface area contributed by atoms with E-state index in [1.807, 2.05) is 0 Å². The third-order valence-corrected chi connectivity index (χ3v) is 9.79. The molecule has 0 aliphatic carbocycles. The number of aromatic hydroxyl groups is 1. The van der Waals surface area contributed by atoms with Crippen LogP contribution in [-0.4, -0.2) is 116 Å². The third-order valence-electron chi connectivity index (χ3n) is 9.79. The third kappa shape index (κ3) is 11.0. The zero-order valence-corrected chi connectivity index (χ0v) is 30.5. The largest absolute Gasteiger partial charge is 0.508 e. The van der Waals surface area contributed by atoms with Crippen LogP contribution in [-0.2, 0) is 46.4 Å². The number of benzene rings is 2. The standard InChI is InChI=1S/C38H50N6O10/c1-22(2)32(42-33(48)26(39)20-24-12-14-25(45)15-13-24)37(52)44-19-7-11-30(44)34(49)40-27(16-17-31(46)47)36(51)43-18-6-10-29(43)35(50)41-28(38(53)54)21-23-8-4-3-5-9-23/h3-5,8-9,12-15,22,26-30,32,45H,6-7,10-11,16-21,39H2,1-2H3,(H,40,49)(H,41,50)(H,42,48)(H,46,47)(H,53,54)/t26-,27-,28-,29-,30-,32-/m0/s1. The number of likely N-dealkylation sites (tertiary alicyclic amines) is 2. The molecule has 2 aromatic rings. The van der Waals surface area contributed by atoms with Gasteiger partial charge in [0.2, 0.25) is 29.5 Å². The minimum atomic E-state index is -1.35. The van der Waals surface area contributed by atoms with Crippen molar-refractivity contribution >= 4 is 41.5 Å². The first kappa shape index (κ1) is 41.2. The number of hydrogen-bond acceptors (Lipinski definition) is 9. The van der Waals surface area contributed by atoms with Crippen molar-refractivity contribution in [2.45, 2.75) is 101 Å². The Morgan fingerprint density at radius 3 is 1.81 bits per heavy atom. The van der Waals surface area contributed by atoms with E-state index in [0.717, 1.165) is 0 Å². The van der Waals surface area contributed by atoms with Crippen LogP contribution >= 0.6 is 0 Å². The highest BCUT2D eigenvalue weighted by atomic mass is 16.4. The van der Waals surface area contributed by atoms with Crippen molar-refractivity contribution in [3.05, 3.63) is 65.7 Å². The smallest absolute Gasteiger partial charge is 0.326 e. The zero-order chi connectivity index (χ0) is 39.5. The maximum Gasteiger partial charge on any atom is 0.326 e. The molecule has 0 aromatic heterocycles. The predicted molar refractivity (Wildman–Crippen MR) is 195 cm³/mol. The number of carbonyl (C=O) groups is 7. The Bertz CT molecular complexity index is 1670. The Morgan fingerprint density at radius 1 is 0.741 bits per heavy atom. The monoisotopic (exact) mass is 750 g/mol. The van der Waals surface area contributed by atoms with E-state index in [4.69, 9.17) is 5.73 Å². The number of carboxylic acids is 2. The van der Waals surface area contributed by atoms with Gasteiger partial charge in [-0.25, -0.2) is 4.79 Å². The molecule has 2 aliphatic heterocycles. The molecule has 0 bridgehead atoms. The fourth-order valence-electron chi connectivity index (χ4n) is 6.85. The van der Waals surface area contributed by atoms with Crippen LogP contribution < -0.4 is 21.7 Å². The SMILES string of the molecule is CC(C)[C@H](NC(=O)[C@@H](N)Cc1ccc(O)cc1)C(=O)N1CCC[C@H]1C(=O)N[C@@H](CCC(=O)O)C(=O)N1CCC[C@H]1C(=O)N[C@@H](Cc1ccccc1)C(=O)O. The first-order valence-electron chi connectivity index (χ1n) is 18.2. The molecule has 54 heavy (non-hydrogen) atoms. The summed E-state index contributed by atoms with van der Waals surface area (Å²) in [6, 6.07) is 8.27. The van der Waals surface area contributed by atoms with Crippen molar-refractivity contribution in [3.8, 4) is 5.75 Å². The van der Waals surface area contributed by atoms with Crippen molar-refractivity contribution in [1.29, 1.82) is 0 Å². The molecule has 2 fully saturated rings. The van der Waals surface area contributed by atoms with Crippen molar-refractivity contribution in [1.82, 2.24) is 25.8 Å². The highest BCUT2D eigenvalue weighted by molar-refractivity contribution is 5.97. The van der Waals surface area contributed by atoms with Gasteiger partial charge in [0.1, 0.15) is 36.0 Å². The van der Waals surface area contributed by atoms with E-state index >= 15 is 0 Å². The van der Waals surface area contributed by atoms with E-state index in [1.165, 1.54) is 21.9 Å². The van der Waals surface area contributed by atoms with E-state index in [9.17, 15) is 48.9 Å². The molecule has 16 nitrogen and oxygen atoms in total. The molecule has 16 heteroatoms. The summed E-state index contributed by atoms with van der Waals surface area (Å²) >= 11 is 0. The maximum atomic E-state index is 13.9. The minimum absolute atomic E-state index is 0.0183. The van der Waals surface area contributed by atoms with Gasteiger partial charge in [-0.1, -0.05) is 56.3 Å². The number of carboxylic acid groups (broad SMARTS) is 2. The fourth-order valence-corrected chi connectivity index (χ4v) is 6.85. The summed E-state index contributed by atoms with van der Waals surface area (Å²) in [5.74, 6) is -5.92. The molecule has 0 unspecified atom stereocenters. The van der Waals surface area contributed by atoms with Gasteiger partial charge in [0, 0.05) is 25.9 Å².